The maximum Gasteiger partial charge on any atom is 0.451 e. The summed E-state index contributed by atoms with van der Waals surface area (Å²) >= 11 is 0. The highest BCUT2D eigenvalue weighted by molar-refractivity contribution is 6.20. The summed E-state index contributed by atoms with van der Waals surface area (Å²) in [5.41, 5.74) is 1.13. The van der Waals surface area contributed by atoms with E-state index in [0.717, 1.165) is 6.20 Å². The molecule has 3 aromatic rings. The highest BCUT2D eigenvalue weighted by Crippen LogP contribution is 2.37. The predicted octanol–water partition coefficient (Wildman–Crippen LogP) is 2.64. The molecule has 10 heteroatoms. The van der Waals surface area contributed by atoms with Gasteiger partial charge in [0, 0.05) is 23.5 Å². The molecule has 1 N–H and O–H groups in total. The number of fused-ring (bicyclic) bond motifs is 3. The van der Waals surface area contributed by atoms with E-state index in [2.05, 4.69) is 30.2 Å². The summed E-state index contributed by atoms with van der Waals surface area (Å²) in [6.45, 7) is 0. The van der Waals surface area contributed by atoms with E-state index in [4.69, 9.17) is 0 Å². The van der Waals surface area contributed by atoms with Crippen LogP contribution in [0.15, 0.2) is 37.2 Å². The zero-order chi connectivity index (χ0) is 17.6. The number of rotatable bonds is 2. The lowest BCUT2D eigenvalue weighted by Gasteiger charge is -2.07. The number of anilines is 2. The molecule has 0 aromatic carbocycles. The number of hydrogen-bond donors (Lipinski definition) is 1. The fourth-order valence-corrected chi connectivity index (χ4v) is 2.46. The highest BCUT2D eigenvalue weighted by Gasteiger charge is 2.38. The third kappa shape index (κ3) is 2.57. The summed E-state index contributed by atoms with van der Waals surface area (Å²) in [6.07, 6.45) is 2.00. The molecule has 0 atom stereocenters. The Balaban J connectivity index is 1.76. The smallest absolute Gasteiger partial charge is 0.338 e. The monoisotopic (exact) mass is 344 g/mol. The van der Waals surface area contributed by atoms with Crippen molar-refractivity contribution in [1.82, 2.24) is 24.9 Å². The number of pyridine rings is 1. The molecule has 0 saturated heterocycles. The van der Waals surface area contributed by atoms with Crippen LogP contribution in [0.2, 0.25) is 0 Å². The maximum atomic E-state index is 12.7. The van der Waals surface area contributed by atoms with Gasteiger partial charge in [0.15, 0.2) is 0 Å². The van der Waals surface area contributed by atoms with E-state index in [0.29, 0.717) is 17.1 Å². The van der Waals surface area contributed by atoms with Crippen molar-refractivity contribution in [1.29, 1.82) is 0 Å². The number of carbonyl (C=O) groups is 1. The van der Waals surface area contributed by atoms with Crippen LogP contribution in [0.5, 0.6) is 0 Å². The molecule has 0 saturated carbocycles. The van der Waals surface area contributed by atoms with E-state index in [9.17, 15) is 18.0 Å². The third-order valence-corrected chi connectivity index (χ3v) is 3.53. The van der Waals surface area contributed by atoms with Crippen molar-refractivity contribution in [3.63, 3.8) is 0 Å². The lowest BCUT2D eigenvalue weighted by Crippen LogP contribution is -2.13. The number of aromatic nitrogens is 5. The molecule has 1 aliphatic carbocycles. The van der Waals surface area contributed by atoms with Gasteiger partial charge in [-0.05, 0) is 6.07 Å². The topological polar surface area (TPSA) is 93.6 Å². The Kier molecular flexibility index (Phi) is 3.20. The van der Waals surface area contributed by atoms with Crippen molar-refractivity contribution >= 4 is 17.3 Å². The molecule has 0 fully saturated rings. The van der Waals surface area contributed by atoms with E-state index in [1.54, 1.807) is 6.07 Å². The molecule has 0 radical (unpaired) electrons. The molecule has 3 aromatic heterocycles. The first-order valence-electron chi connectivity index (χ1n) is 6.95. The fraction of sp³-hybridized carbons (Fsp3) is 0.0667. The quantitative estimate of drug-likeness (QED) is 0.597. The fourth-order valence-electron chi connectivity index (χ4n) is 2.46. The summed E-state index contributed by atoms with van der Waals surface area (Å²) in [5.74, 6) is -1.57. The van der Waals surface area contributed by atoms with Gasteiger partial charge in [0.2, 0.25) is 11.6 Å². The summed E-state index contributed by atoms with van der Waals surface area (Å²) < 4.78 is 38.2. The van der Waals surface area contributed by atoms with Gasteiger partial charge in [0.05, 0.1) is 23.6 Å². The van der Waals surface area contributed by atoms with E-state index >= 15 is 0 Å². The minimum atomic E-state index is -4.72. The van der Waals surface area contributed by atoms with Gasteiger partial charge in [-0.25, -0.2) is 24.9 Å². The van der Waals surface area contributed by atoms with Crippen molar-refractivity contribution in [2.24, 2.45) is 0 Å². The summed E-state index contributed by atoms with van der Waals surface area (Å²) in [5, 5.41) is 2.95. The van der Waals surface area contributed by atoms with Gasteiger partial charge in [-0.2, -0.15) is 13.2 Å². The lowest BCUT2D eigenvalue weighted by molar-refractivity contribution is -0.145. The van der Waals surface area contributed by atoms with Gasteiger partial charge >= 0.3 is 6.18 Å². The van der Waals surface area contributed by atoms with Crippen molar-refractivity contribution in [3.8, 4) is 11.1 Å². The maximum absolute atomic E-state index is 12.7. The van der Waals surface area contributed by atoms with E-state index in [1.807, 2.05) is 0 Å². The number of halogens is 3. The van der Waals surface area contributed by atoms with Crippen LogP contribution in [0.1, 0.15) is 21.9 Å². The van der Waals surface area contributed by atoms with Gasteiger partial charge in [0.25, 0.3) is 0 Å². The molecule has 1 aliphatic rings. The van der Waals surface area contributed by atoms with Crippen LogP contribution in [0.4, 0.5) is 24.7 Å². The Morgan fingerprint density at radius 1 is 0.920 bits per heavy atom. The minimum absolute atomic E-state index is 0.179. The Morgan fingerprint density at radius 2 is 1.64 bits per heavy atom. The normalized spacial score (nSPS) is 12.7. The number of alkyl halides is 3. The molecule has 0 aliphatic heterocycles. The van der Waals surface area contributed by atoms with Gasteiger partial charge in [0.1, 0.15) is 17.8 Å². The Hall–Kier alpha value is -3.43. The molecular formula is C15H7F3N6O. The highest BCUT2D eigenvalue weighted by atomic mass is 19.4. The zero-order valence-electron chi connectivity index (χ0n) is 12.2. The van der Waals surface area contributed by atoms with E-state index < -0.39 is 17.8 Å². The first-order valence-corrected chi connectivity index (χ1v) is 6.95. The second kappa shape index (κ2) is 5.30. The summed E-state index contributed by atoms with van der Waals surface area (Å²) in [7, 11) is 0. The minimum Gasteiger partial charge on any atom is -0.338 e. The average Bonchev–Trinajstić information content (AvgIpc) is 2.87. The van der Waals surface area contributed by atoms with Crippen molar-refractivity contribution in [2.45, 2.75) is 6.18 Å². The molecule has 7 nitrogen and oxygen atoms in total. The molecule has 0 bridgehead atoms. The summed E-state index contributed by atoms with van der Waals surface area (Å²) in [6, 6.07) is 1.54. The van der Waals surface area contributed by atoms with Gasteiger partial charge < -0.3 is 5.32 Å². The van der Waals surface area contributed by atoms with Crippen LogP contribution in [-0.4, -0.2) is 30.7 Å². The Labute approximate surface area is 138 Å². The Bertz CT molecular complexity index is 990. The molecule has 0 unspecified atom stereocenters. The molecule has 0 amide bonds. The second-order valence-electron chi connectivity index (χ2n) is 5.15. The van der Waals surface area contributed by atoms with E-state index in [-0.39, 0.29) is 16.8 Å². The number of carbonyl (C=O) groups excluding carboxylic acids is 1. The van der Waals surface area contributed by atoms with Crippen LogP contribution in [0, 0.1) is 0 Å². The third-order valence-electron chi connectivity index (χ3n) is 3.53. The predicted molar refractivity (Wildman–Crippen MR) is 79.0 cm³/mol. The SMILES string of the molecule is O=C1c2cnc(Nc3cncnc3)cc2-c2cnc(C(F)(F)F)nc21. The van der Waals surface area contributed by atoms with Crippen molar-refractivity contribution < 1.29 is 18.0 Å². The van der Waals surface area contributed by atoms with Crippen LogP contribution in [-0.2, 0) is 6.18 Å². The van der Waals surface area contributed by atoms with Gasteiger partial charge in [-0.3, -0.25) is 4.79 Å². The van der Waals surface area contributed by atoms with Crippen molar-refractivity contribution in [2.75, 3.05) is 5.32 Å². The standard InChI is InChI=1S/C15H7F3N6O/c16-15(17,18)14-22-4-9-8-1-11(23-7-2-19-6-20-3-7)21-5-10(8)13(25)12(9)24-14/h1-6H,(H,21,23). The largest absolute Gasteiger partial charge is 0.451 e. The first-order chi connectivity index (χ1) is 11.9. The summed E-state index contributed by atoms with van der Waals surface area (Å²) in [4.78, 5) is 30.8. The van der Waals surface area contributed by atoms with Crippen LogP contribution >= 0.6 is 0 Å². The average molecular weight is 344 g/mol. The Morgan fingerprint density at radius 3 is 2.36 bits per heavy atom. The van der Waals surface area contributed by atoms with Crippen LogP contribution in [0.3, 0.4) is 0 Å². The second-order valence-corrected chi connectivity index (χ2v) is 5.15. The molecule has 124 valence electrons. The van der Waals surface area contributed by atoms with Gasteiger partial charge in [-0.1, -0.05) is 0 Å². The number of nitrogens with one attached hydrogen (secondary N) is 1. The zero-order valence-corrected chi connectivity index (χ0v) is 12.2. The van der Waals surface area contributed by atoms with Crippen molar-refractivity contribution in [3.05, 3.63) is 54.3 Å². The molecule has 3 heterocycles. The van der Waals surface area contributed by atoms with Crippen LogP contribution < -0.4 is 5.32 Å². The van der Waals surface area contributed by atoms with Gasteiger partial charge in [-0.15, -0.1) is 0 Å². The lowest BCUT2D eigenvalue weighted by atomic mass is 10.1. The number of hydrogen-bond acceptors (Lipinski definition) is 7. The van der Waals surface area contributed by atoms with E-state index in [1.165, 1.54) is 24.9 Å². The molecule has 4 rings (SSSR count). The molecule has 0 spiro atoms. The van der Waals surface area contributed by atoms with Crippen LogP contribution in [0.25, 0.3) is 11.1 Å². The first kappa shape index (κ1) is 15.1. The molecular weight excluding hydrogens is 337 g/mol. The number of ketones is 1. The number of nitrogens with zero attached hydrogens (tertiary/aromatic N) is 5. The molecule has 25 heavy (non-hydrogen) atoms.